The lowest BCUT2D eigenvalue weighted by atomic mass is 10.1. The van der Waals surface area contributed by atoms with Crippen molar-refractivity contribution in [3.63, 3.8) is 0 Å². The zero-order valence-corrected chi connectivity index (χ0v) is 18.5. The quantitative estimate of drug-likeness (QED) is 0.400. The highest BCUT2D eigenvalue weighted by molar-refractivity contribution is 14.0. The number of aliphatic imine (C=N–C) groups is 1. The minimum Gasteiger partial charge on any atom is -0.380 e. The first-order chi connectivity index (χ1) is 12.3. The van der Waals surface area contributed by atoms with Gasteiger partial charge in [0.1, 0.15) is 0 Å². The number of benzene rings is 1. The van der Waals surface area contributed by atoms with Crippen LogP contribution in [0.3, 0.4) is 0 Å². The van der Waals surface area contributed by atoms with Gasteiger partial charge >= 0.3 is 0 Å². The standard InChI is InChI=1S/C19H26N4OS.HI/c1-20-19(21-14-16-5-3-6-17(13-16)15-24-2)23-10-8-22(9-11-23)18-7-4-12-25-18;/h3-7,12-13H,8-11,14-15H2,1-2H3,(H,20,21);1H. The van der Waals surface area contributed by atoms with Crippen LogP contribution in [0.5, 0.6) is 0 Å². The monoisotopic (exact) mass is 486 g/mol. The third-order valence-electron chi connectivity index (χ3n) is 4.36. The summed E-state index contributed by atoms with van der Waals surface area (Å²) >= 11 is 1.81. The predicted octanol–water partition coefficient (Wildman–Crippen LogP) is 3.41. The molecule has 26 heavy (non-hydrogen) atoms. The molecule has 1 N–H and O–H groups in total. The Bertz CT molecular complexity index is 685. The Morgan fingerprint density at radius 3 is 2.58 bits per heavy atom. The molecule has 1 aliphatic rings. The summed E-state index contributed by atoms with van der Waals surface area (Å²) in [6.07, 6.45) is 0. The maximum absolute atomic E-state index is 5.21. The summed E-state index contributed by atoms with van der Waals surface area (Å²) in [5.41, 5.74) is 2.44. The minimum atomic E-state index is 0. The normalized spacial score (nSPS) is 14.9. The highest BCUT2D eigenvalue weighted by Crippen LogP contribution is 2.22. The van der Waals surface area contributed by atoms with E-state index < -0.39 is 0 Å². The smallest absolute Gasteiger partial charge is 0.194 e. The van der Waals surface area contributed by atoms with Crippen LogP contribution in [-0.2, 0) is 17.9 Å². The van der Waals surface area contributed by atoms with Crippen LogP contribution in [0, 0.1) is 0 Å². The van der Waals surface area contributed by atoms with E-state index in [4.69, 9.17) is 4.74 Å². The first-order valence-electron chi connectivity index (χ1n) is 8.61. The number of nitrogens with zero attached hydrogens (tertiary/aromatic N) is 3. The number of methoxy groups -OCH3 is 1. The molecule has 0 aliphatic carbocycles. The van der Waals surface area contributed by atoms with Crippen LogP contribution in [0.25, 0.3) is 0 Å². The van der Waals surface area contributed by atoms with E-state index in [2.05, 4.69) is 61.9 Å². The van der Waals surface area contributed by atoms with E-state index in [1.165, 1.54) is 16.1 Å². The second kappa shape index (κ2) is 10.7. The number of hydrogen-bond acceptors (Lipinski definition) is 4. The highest BCUT2D eigenvalue weighted by Gasteiger charge is 2.20. The molecule has 2 aromatic rings. The fourth-order valence-electron chi connectivity index (χ4n) is 3.10. The van der Waals surface area contributed by atoms with Gasteiger partial charge in [0.25, 0.3) is 0 Å². The van der Waals surface area contributed by atoms with Crippen molar-refractivity contribution in [2.75, 3.05) is 45.2 Å². The van der Waals surface area contributed by atoms with Crippen LogP contribution >= 0.6 is 35.3 Å². The fourth-order valence-corrected chi connectivity index (χ4v) is 3.88. The molecule has 0 bridgehead atoms. The lowest BCUT2D eigenvalue weighted by Gasteiger charge is -2.37. The van der Waals surface area contributed by atoms with Gasteiger partial charge in [0, 0.05) is 46.9 Å². The second-order valence-corrected chi connectivity index (χ2v) is 7.01. The van der Waals surface area contributed by atoms with Gasteiger partial charge in [-0.2, -0.15) is 0 Å². The first kappa shape index (κ1) is 21.0. The van der Waals surface area contributed by atoms with Gasteiger partial charge in [-0.1, -0.05) is 24.3 Å². The lowest BCUT2D eigenvalue weighted by molar-refractivity contribution is 0.185. The van der Waals surface area contributed by atoms with Gasteiger partial charge in [-0.3, -0.25) is 4.99 Å². The molecule has 1 aliphatic heterocycles. The number of rotatable bonds is 5. The molecule has 142 valence electrons. The maximum Gasteiger partial charge on any atom is 0.194 e. The molecule has 0 radical (unpaired) electrons. The Labute approximate surface area is 177 Å². The van der Waals surface area contributed by atoms with E-state index in [0.29, 0.717) is 6.61 Å². The summed E-state index contributed by atoms with van der Waals surface area (Å²) in [6.45, 7) is 5.46. The van der Waals surface area contributed by atoms with E-state index in [9.17, 15) is 0 Å². The van der Waals surface area contributed by atoms with Crippen molar-refractivity contribution in [1.29, 1.82) is 0 Å². The molecule has 0 amide bonds. The fraction of sp³-hybridized carbons (Fsp3) is 0.421. The van der Waals surface area contributed by atoms with Crippen LogP contribution in [0.1, 0.15) is 11.1 Å². The molecular weight excluding hydrogens is 459 g/mol. The Morgan fingerprint density at radius 2 is 1.92 bits per heavy atom. The van der Waals surface area contributed by atoms with Crippen LogP contribution in [0.2, 0.25) is 0 Å². The molecule has 0 unspecified atom stereocenters. The Morgan fingerprint density at radius 1 is 1.15 bits per heavy atom. The number of halogens is 1. The van der Waals surface area contributed by atoms with Crippen molar-refractivity contribution in [3.05, 3.63) is 52.9 Å². The number of anilines is 1. The van der Waals surface area contributed by atoms with Gasteiger partial charge < -0.3 is 19.9 Å². The molecule has 0 atom stereocenters. The van der Waals surface area contributed by atoms with Crippen molar-refractivity contribution in [2.45, 2.75) is 13.2 Å². The number of ether oxygens (including phenoxy) is 1. The van der Waals surface area contributed by atoms with Crippen LogP contribution in [0.4, 0.5) is 5.00 Å². The zero-order valence-electron chi connectivity index (χ0n) is 15.4. The molecule has 3 rings (SSSR count). The minimum absolute atomic E-state index is 0. The van der Waals surface area contributed by atoms with Crippen molar-refractivity contribution < 1.29 is 4.74 Å². The van der Waals surface area contributed by atoms with E-state index in [0.717, 1.165) is 38.7 Å². The van der Waals surface area contributed by atoms with Crippen LogP contribution < -0.4 is 10.2 Å². The lowest BCUT2D eigenvalue weighted by Crippen LogP contribution is -2.52. The summed E-state index contributed by atoms with van der Waals surface area (Å²) in [7, 11) is 3.58. The second-order valence-electron chi connectivity index (χ2n) is 6.08. The van der Waals surface area contributed by atoms with E-state index in [1.54, 1.807) is 7.11 Å². The maximum atomic E-state index is 5.21. The Hall–Kier alpha value is -1.32. The topological polar surface area (TPSA) is 40.1 Å². The number of thiophene rings is 1. The number of guanidine groups is 1. The van der Waals surface area contributed by atoms with Crippen molar-refractivity contribution >= 4 is 46.3 Å². The molecule has 7 heteroatoms. The van der Waals surface area contributed by atoms with Gasteiger partial charge in [0.15, 0.2) is 5.96 Å². The van der Waals surface area contributed by atoms with Crippen molar-refractivity contribution in [2.24, 2.45) is 4.99 Å². The number of hydrogen-bond donors (Lipinski definition) is 1. The summed E-state index contributed by atoms with van der Waals surface area (Å²) < 4.78 is 5.21. The van der Waals surface area contributed by atoms with Crippen LogP contribution in [-0.4, -0.2) is 51.2 Å². The van der Waals surface area contributed by atoms with Crippen molar-refractivity contribution in [3.8, 4) is 0 Å². The third kappa shape index (κ3) is 5.59. The van der Waals surface area contributed by atoms with E-state index in [-0.39, 0.29) is 24.0 Å². The molecule has 2 heterocycles. The van der Waals surface area contributed by atoms with E-state index >= 15 is 0 Å². The van der Waals surface area contributed by atoms with Gasteiger partial charge in [-0.15, -0.1) is 35.3 Å². The van der Waals surface area contributed by atoms with Gasteiger partial charge in [-0.05, 0) is 28.6 Å². The summed E-state index contributed by atoms with van der Waals surface area (Å²) in [6, 6.07) is 12.8. The largest absolute Gasteiger partial charge is 0.380 e. The molecule has 1 aromatic carbocycles. The zero-order chi connectivity index (χ0) is 17.5. The van der Waals surface area contributed by atoms with Gasteiger partial charge in [0.05, 0.1) is 11.6 Å². The summed E-state index contributed by atoms with van der Waals surface area (Å²) in [5.74, 6) is 0.975. The molecule has 1 fully saturated rings. The van der Waals surface area contributed by atoms with Crippen molar-refractivity contribution in [1.82, 2.24) is 10.2 Å². The summed E-state index contributed by atoms with van der Waals surface area (Å²) in [5, 5.41) is 6.99. The average Bonchev–Trinajstić information content (AvgIpc) is 3.18. The third-order valence-corrected chi connectivity index (χ3v) is 5.29. The highest BCUT2D eigenvalue weighted by atomic mass is 127. The number of piperazine rings is 1. The molecule has 1 saturated heterocycles. The Kier molecular flexibility index (Phi) is 8.67. The number of nitrogens with one attached hydrogen (secondary N) is 1. The predicted molar refractivity (Wildman–Crippen MR) is 121 cm³/mol. The van der Waals surface area contributed by atoms with Gasteiger partial charge in [0.2, 0.25) is 0 Å². The first-order valence-corrected chi connectivity index (χ1v) is 9.49. The molecular formula is C19H27IN4OS. The molecule has 0 spiro atoms. The SMILES string of the molecule is CN=C(NCc1cccc(COC)c1)N1CCN(c2cccs2)CC1.I. The summed E-state index contributed by atoms with van der Waals surface area (Å²) in [4.78, 5) is 9.25. The average molecular weight is 486 g/mol. The molecule has 5 nitrogen and oxygen atoms in total. The molecule has 1 aromatic heterocycles. The van der Waals surface area contributed by atoms with E-state index in [1.807, 2.05) is 18.4 Å². The van der Waals surface area contributed by atoms with Gasteiger partial charge in [-0.25, -0.2) is 0 Å². The molecule has 0 saturated carbocycles. The Balaban J connectivity index is 0.00000243. The van der Waals surface area contributed by atoms with Crippen LogP contribution in [0.15, 0.2) is 46.8 Å².